The van der Waals surface area contributed by atoms with Gasteiger partial charge in [-0.3, -0.25) is 49.2 Å². The number of nitrogens with one attached hydrogen (secondary N) is 10. The predicted molar refractivity (Wildman–Crippen MR) is 286 cm³/mol. The monoisotopic (exact) mass is 1090 g/mol. The lowest BCUT2D eigenvalue weighted by Crippen LogP contribution is -2.61. The number of amides is 8. The second kappa shape index (κ2) is 28.9. The second-order valence-electron chi connectivity index (χ2n) is 21.5. The summed E-state index contributed by atoms with van der Waals surface area (Å²) in [7, 11) is 0. The van der Waals surface area contributed by atoms with Crippen LogP contribution in [0.4, 0.5) is 0 Å². The van der Waals surface area contributed by atoms with Crippen molar-refractivity contribution >= 4 is 77.8 Å². The fourth-order valence-electron chi connectivity index (χ4n) is 9.05. The predicted octanol–water partition coefficient (Wildman–Crippen LogP) is -0.743. The number of carbonyl (C=O) groups is 9. The molecule has 16 N–H and O–H groups in total. The molecule has 8 atom stereocenters. The Morgan fingerprint density at radius 1 is 0.671 bits per heavy atom. The molecule has 0 saturated carbocycles. The van der Waals surface area contributed by atoms with E-state index in [1.807, 2.05) is 0 Å². The summed E-state index contributed by atoms with van der Waals surface area (Å²) in [6.45, 7) is 13.7. The average Bonchev–Trinajstić information content (AvgIpc) is 4.02. The van der Waals surface area contributed by atoms with Gasteiger partial charge in [0, 0.05) is 44.3 Å². The second-order valence-corrected chi connectivity index (χ2v) is 22.7. The molecule has 76 heavy (non-hydrogen) atoms. The number of likely N-dealkylation sites (tertiary alicyclic amines) is 2. The third kappa shape index (κ3) is 20.0. The van der Waals surface area contributed by atoms with Gasteiger partial charge in [0.1, 0.15) is 54.1 Å². The van der Waals surface area contributed by atoms with E-state index < -0.39 is 112 Å². The molecular formula is C50H82N14O11S. The molecule has 0 unspecified atom stereocenters. The number of carbonyl (C=O) groups excluding carboxylic acids is 8. The molecule has 2 heterocycles. The number of hydrogen-bond acceptors (Lipinski definition) is 13. The number of phenolic OH excluding ortho intramolecular Hbond substituents is 1. The summed E-state index contributed by atoms with van der Waals surface area (Å²) in [5.41, 5.74) is 10.6. The van der Waals surface area contributed by atoms with Crippen LogP contribution in [0.1, 0.15) is 119 Å². The van der Waals surface area contributed by atoms with E-state index in [0.717, 1.165) is 0 Å². The van der Waals surface area contributed by atoms with Crippen LogP contribution in [0.5, 0.6) is 5.75 Å². The van der Waals surface area contributed by atoms with Crippen molar-refractivity contribution in [3.05, 3.63) is 29.8 Å². The Kier molecular flexibility index (Phi) is 24.1. The number of carboxylic acids is 1. The number of benzene rings is 1. The highest BCUT2D eigenvalue weighted by atomic mass is 32.1. The van der Waals surface area contributed by atoms with Crippen molar-refractivity contribution in [2.75, 3.05) is 26.2 Å². The topological polar surface area (TPSA) is 397 Å². The molecule has 0 bridgehead atoms. The Balaban J connectivity index is 1.96. The van der Waals surface area contributed by atoms with E-state index in [1.54, 1.807) is 60.6 Å². The van der Waals surface area contributed by atoms with E-state index >= 15 is 0 Å². The molecule has 26 heteroatoms. The SMILES string of the molecule is CC(=O)N[C@H](C(=O)N1CCC[C@H]1C(=O)N[C@@H](CCCNC(=N)N)C(=O)N[C@@H](CCCNC(=N)N)C(=O)N1CCC[C@H]1C(=O)N[C@@H](Cc1ccc(O)cc1)C(=O)N[C@H](C(=O)N[C@@H](CC(C)C)C(=O)O)C(C)(C)C)C(C)(C)S. The van der Waals surface area contributed by atoms with E-state index in [1.165, 1.54) is 28.9 Å². The molecule has 0 aliphatic carbocycles. The Bertz CT molecular complexity index is 2250. The van der Waals surface area contributed by atoms with Crippen LogP contribution in [0.15, 0.2) is 24.3 Å². The molecule has 3 rings (SSSR count). The quantitative estimate of drug-likeness (QED) is 0.0223. The number of carboxylic acid groups (broad SMARTS) is 1. The number of aliphatic carboxylic acids is 1. The molecule has 2 saturated heterocycles. The lowest BCUT2D eigenvalue weighted by Gasteiger charge is -2.35. The molecule has 8 amide bonds. The lowest BCUT2D eigenvalue weighted by molar-refractivity contribution is -0.144. The van der Waals surface area contributed by atoms with Crippen LogP contribution in [-0.2, 0) is 49.6 Å². The minimum absolute atomic E-state index is 0.0153. The Hall–Kier alpha value is -6.86. The molecule has 2 aliphatic rings. The molecule has 1 aromatic rings. The highest BCUT2D eigenvalue weighted by Gasteiger charge is 2.44. The van der Waals surface area contributed by atoms with Crippen LogP contribution >= 0.6 is 12.6 Å². The number of nitrogens with zero attached hydrogens (tertiary/aromatic N) is 2. The number of nitrogens with two attached hydrogens (primary N) is 2. The van der Waals surface area contributed by atoms with Gasteiger partial charge in [0.25, 0.3) is 0 Å². The van der Waals surface area contributed by atoms with Gasteiger partial charge in [0.05, 0.1) is 0 Å². The third-order valence-electron chi connectivity index (χ3n) is 12.9. The number of phenols is 1. The van der Waals surface area contributed by atoms with E-state index in [-0.39, 0.29) is 101 Å². The minimum atomic E-state index is -1.36. The maximum Gasteiger partial charge on any atom is 0.326 e. The van der Waals surface area contributed by atoms with Gasteiger partial charge in [-0.1, -0.05) is 46.8 Å². The standard InChI is InChI=1S/C50H82N14O11S/c1-27(2)25-34(46(74)75)61-43(71)37(49(4,5)6)62-40(68)33(26-29-17-19-30(66)20-18-29)60-42(70)35-15-11-23-63(35)44(72)32(14-10-22-56-48(53)54)59-39(67)31(13-9-21-55-47(51)52)58-41(69)36-16-12-24-64(36)45(73)38(50(7,8)76)57-28(3)65/h17-20,27,31-38,66,76H,9-16,21-26H2,1-8H3,(H,57,65)(H,58,69)(H,59,67)(H,60,70)(H,61,71)(H,62,68)(H,74,75)(H4,51,52,55)(H4,53,54,56)/t31-,32-,33-,34-,35-,36-,37+,38+/m0/s1. The first-order valence-electron chi connectivity index (χ1n) is 25.7. The van der Waals surface area contributed by atoms with Crippen LogP contribution in [0.25, 0.3) is 0 Å². The maximum atomic E-state index is 14.8. The van der Waals surface area contributed by atoms with Gasteiger partial charge >= 0.3 is 5.97 Å². The van der Waals surface area contributed by atoms with Gasteiger partial charge < -0.3 is 74.0 Å². The number of hydrogen-bond donors (Lipinski definition) is 15. The zero-order valence-electron chi connectivity index (χ0n) is 45.0. The summed E-state index contributed by atoms with van der Waals surface area (Å²) in [5, 5.41) is 56.6. The van der Waals surface area contributed by atoms with Gasteiger partial charge in [-0.2, -0.15) is 12.6 Å². The van der Waals surface area contributed by atoms with E-state index in [0.29, 0.717) is 18.4 Å². The zero-order chi connectivity index (χ0) is 57.2. The van der Waals surface area contributed by atoms with Crippen molar-refractivity contribution in [1.29, 1.82) is 10.8 Å². The first-order chi connectivity index (χ1) is 35.4. The van der Waals surface area contributed by atoms with Crippen LogP contribution in [0.3, 0.4) is 0 Å². The van der Waals surface area contributed by atoms with Gasteiger partial charge in [-0.25, -0.2) is 4.79 Å². The first-order valence-corrected chi connectivity index (χ1v) is 26.1. The highest BCUT2D eigenvalue weighted by molar-refractivity contribution is 7.81. The van der Waals surface area contributed by atoms with Gasteiger partial charge in [-0.05, 0) is 101 Å². The smallest absolute Gasteiger partial charge is 0.326 e. The fourth-order valence-corrected chi connectivity index (χ4v) is 9.23. The molecule has 0 aromatic heterocycles. The molecule has 1 aromatic carbocycles. The van der Waals surface area contributed by atoms with E-state index in [4.69, 9.17) is 22.3 Å². The largest absolute Gasteiger partial charge is 0.508 e. The molecule has 0 radical (unpaired) electrons. The molecule has 2 fully saturated rings. The minimum Gasteiger partial charge on any atom is -0.508 e. The maximum absolute atomic E-state index is 14.8. The normalized spacial score (nSPS) is 17.9. The molecule has 0 spiro atoms. The summed E-state index contributed by atoms with van der Waals surface area (Å²) in [6.07, 6.45) is 1.55. The third-order valence-corrected chi connectivity index (χ3v) is 13.2. The lowest BCUT2D eigenvalue weighted by atomic mass is 9.85. The van der Waals surface area contributed by atoms with Gasteiger partial charge in [0.2, 0.25) is 47.3 Å². The van der Waals surface area contributed by atoms with Crippen molar-refractivity contribution in [3.8, 4) is 5.75 Å². The number of thiol groups is 1. The number of rotatable bonds is 27. The summed E-state index contributed by atoms with van der Waals surface area (Å²) < 4.78 is -1.02. The zero-order valence-corrected chi connectivity index (χ0v) is 45.9. The van der Waals surface area contributed by atoms with Crippen molar-refractivity contribution in [2.24, 2.45) is 22.8 Å². The summed E-state index contributed by atoms with van der Waals surface area (Å²) in [5.74, 6) is -7.42. The van der Waals surface area contributed by atoms with Gasteiger partial charge in [-0.15, -0.1) is 0 Å². The van der Waals surface area contributed by atoms with Crippen LogP contribution in [-0.4, -0.2) is 164 Å². The molecule has 424 valence electrons. The van der Waals surface area contributed by atoms with Crippen LogP contribution in [0, 0.1) is 22.2 Å². The van der Waals surface area contributed by atoms with Crippen LogP contribution in [0.2, 0.25) is 0 Å². The Morgan fingerprint density at radius 3 is 1.61 bits per heavy atom. The molecule has 25 nitrogen and oxygen atoms in total. The van der Waals surface area contributed by atoms with Crippen molar-refractivity contribution in [1.82, 2.24) is 52.3 Å². The number of guanidine groups is 2. The van der Waals surface area contributed by atoms with E-state index in [9.17, 15) is 53.4 Å². The number of aromatic hydroxyl groups is 1. The molecular weight excluding hydrogens is 1000 g/mol. The average molecular weight is 1090 g/mol. The Labute approximate surface area is 450 Å². The van der Waals surface area contributed by atoms with Crippen molar-refractivity contribution < 1.29 is 53.4 Å². The fraction of sp³-hybridized carbons (Fsp3) is 0.660. The van der Waals surface area contributed by atoms with E-state index in [2.05, 4.69) is 55.2 Å². The van der Waals surface area contributed by atoms with Gasteiger partial charge in [0.15, 0.2) is 11.9 Å². The summed E-state index contributed by atoms with van der Waals surface area (Å²) >= 11 is 4.54. The summed E-state index contributed by atoms with van der Waals surface area (Å²) in [4.78, 5) is 127. The van der Waals surface area contributed by atoms with Crippen molar-refractivity contribution in [2.45, 2.75) is 173 Å². The van der Waals surface area contributed by atoms with Crippen LogP contribution < -0.4 is 54.0 Å². The molecule has 2 aliphatic heterocycles. The first kappa shape index (κ1) is 63.4. The summed E-state index contributed by atoms with van der Waals surface area (Å²) in [6, 6.07) is -3.86. The highest BCUT2D eigenvalue weighted by Crippen LogP contribution is 2.26. The van der Waals surface area contributed by atoms with Crippen molar-refractivity contribution in [3.63, 3.8) is 0 Å². The Morgan fingerprint density at radius 2 is 1.14 bits per heavy atom.